The van der Waals surface area contributed by atoms with Crippen molar-refractivity contribution in [3.63, 3.8) is 0 Å². The number of ether oxygens (including phenoxy) is 2. The lowest BCUT2D eigenvalue weighted by Crippen LogP contribution is -2.10. The lowest BCUT2D eigenvalue weighted by molar-refractivity contribution is 0.100. The van der Waals surface area contributed by atoms with Crippen molar-refractivity contribution in [3.8, 4) is 22.1 Å². The summed E-state index contributed by atoms with van der Waals surface area (Å²) in [5.74, 6) is 0.179. The zero-order chi connectivity index (χ0) is 20.0. The molecule has 1 fully saturated rings. The maximum atomic E-state index is 12.0. The Morgan fingerprint density at radius 2 is 2.21 bits per heavy atom. The molecule has 1 saturated heterocycles. The second-order valence-corrected chi connectivity index (χ2v) is 7.99. The van der Waals surface area contributed by atoms with Crippen LogP contribution in [0.25, 0.3) is 27.4 Å². The second kappa shape index (κ2) is 7.14. The van der Waals surface area contributed by atoms with Crippen molar-refractivity contribution in [2.24, 2.45) is 5.73 Å². The summed E-state index contributed by atoms with van der Waals surface area (Å²) in [5, 5.41) is 1.14. The molecular formula is C20H15ClN4O3S. The number of carbonyl (C=O) groups is 1. The number of nitrogens with zero attached hydrogens (tertiary/aromatic N) is 3. The predicted octanol–water partition coefficient (Wildman–Crippen LogP) is 3.68. The van der Waals surface area contributed by atoms with Crippen LogP contribution in [0.4, 0.5) is 0 Å². The quantitative estimate of drug-likeness (QED) is 0.474. The van der Waals surface area contributed by atoms with Crippen molar-refractivity contribution >= 4 is 39.9 Å². The van der Waals surface area contributed by atoms with Crippen LogP contribution in [0.5, 0.6) is 5.75 Å². The van der Waals surface area contributed by atoms with E-state index in [1.54, 1.807) is 24.5 Å². The molecule has 0 bridgehead atoms. The molecular weight excluding hydrogens is 412 g/mol. The number of rotatable bonds is 6. The first-order valence-corrected chi connectivity index (χ1v) is 10.1. The Morgan fingerprint density at radius 3 is 2.97 bits per heavy atom. The molecule has 1 aliphatic rings. The van der Waals surface area contributed by atoms with Crippen LogP contribution in [0.3, 0.4) is 0 Å². The van der Waals surface area contributed by atoms with Crippen LogP contribution < -0.4 is 10.5 Å². The van der Waals surface area contributed by atoms with Crippen LogP contribution in [-0.2, 0) is 4.74 Å². The van der Waals surface area contributed by atoms with Gasteiger partial charge in [0, 0.05) is 16.7 Å². The highest BCUT2D eigenvalue weighted by molar-refractivity contribution is 7.16. The predicted molar refractivity (Wildman–Crippen MR) is 111 cm³/mol. The zero-order valence-electron chi connectivity index (χ0n) is 15.0. The fourth-order valence-corrected chi connectivity index (χ4v) is 4.11. The highest BCUT2D eigenvalue weighted by Crippen LogP contribution is 2.33. The number of epoxide rings is 1. The van der Waals surface area contributed by atoms with E-state index in [1.807, 2.05) is 28.8 Å². The molecule has 2 N–H and O–H groups in total. The van der Waals surface area contributed by atoms with Crippen LogP contribution in [0.1, 0.15) is 9.67 Å². The topological polar surface area (TPSA) is 95.6 Å². The number of primary amides is 1. The van der Waals surface area contributed by atoms with Crippen molar-refractivity contribution < 1.29 is 14.3 Å². The van der Waals surface area contributed by atoms with Crippen LogP contribution in [0, 0.1) is 0 Å². The maximum absolute atomic E-state index is 12.0. The van der Waals surface area contributed by atoms with E-state index >= 15 is 0 Å². The Morgan fingerprint density at radius 1 is 1.34 bits per heavy atom. The molecule has 0 spiro atoms. The molecule has 5 rings (SSSR count). The minimum absolute atomic E-state index is 0.174. The molecule has 0 aliphatic carbocycles. The Bertz CT molecular complexity index is 1230. The van der Waals surface area contributed by atoms with Gasteiger partial charge in [-0.2, -0.15) is 0 Å². The number of carbonyl (C=O) groups excluding carboxylic acids is 1. The summed E-state index contributed by atoms with van der Waals surface area (Å²) in [5.41, 5.74) is 8.45. The minimum Gasteiger partial charge on any atom is -0.491 e. The minimum atomic E-state index is -0.540. The van der Waals surface area contributed by atoms with Gasteiger partial charge in [-0.15, -0.1) is 0 Å². The molecule has 2 aromatic heterocycles. The highest BCUT2D eigenvalue weighted by atomic mass is 35.5. The number of imidazole rings is 1. The molecule has 3 heterocycles. The Kier molecular flexibility index (Phi) is 4.46. The molecule has 29 heavy (non-hydrogen) atoms. The Hall–Kier alpha value is -2.94. The molecule has 1 atom stereocenters. The van der Waals surface area contributed by atoms with Gasteiger partial charge in [-0.3, -0.25) is 9.36 Å². The highest BCUT2D eigenvalue weighted by Gasteiger charge is 2.23. The molecule has 1 aliphatic heterocycles. The molecule has 0 radical (unpaired) electrons. The van der Waals surface area contributed by atoms with E-state index in [2.05, 4.69) is 9.97 Å². The van der Waals surface area contributed by atoms with E-state index in [0.717, 1.165) is 29.0 Å². The molecule has 9 heteroatoms. The normalized spacial score (nSPS) is 15.6. The Labute approximate surface area is 174 Å². The van der Waals surface area contributed by atoms with E-state index in [9.17, 15) is 4.79 Å². The van der Waals surface area contributed by atoms with E-state index < -0.39 is 5.91 Å². The standard InChI is InChI=1S/C20H15ClN4O3S/c21-12-3-1-2-11(6-12)17-18(19(22)26)29-20(24-17)25-10-23-15-5-4-13(7-16(15)25)27-8-14-9-28-14/h1-7,10,14H,8-9H2,(H2,22,26). The van der Waals surface area contributed by atoms with Gasteiger partial charge >= 0.3 is 0 Å². The van der Waals surface area contributed by atoms with E-state index in [0.29, 0.717) is 27.3 Å². The van der Waals surface area contributed by atoms with Crippen molar-refractivity contribution in [2.75, 3.05) is 13.2 Å². The van der Waals surface area contributed by atoms with Crippen LogP contribution in [-0.4, -0.2) is 39.8 Å². The van der Waals surface area contributed by atoms with Crippen LogP contribution >= 0.6 is 22.9 Å². The largest absolute Gasteiger partial charge is 0.491 e. The van der Waals surface area contributed by atoms with Gasteiger partial charge in [0.25, 0.3) is 5.91 Å². The average Bonchev–Trinajstić information content (AvgIpc) is 3.27. The Balaban J connectivity index is 1.58. The first kappa shape index (κ1) is 18.1. The van der Waals surface area contributed by atoms with Gasteiger partial charge in [0.1, 0.15) is 29.7 Å². The van der Waals surface area contributed by atoms with E-state index in [4.69, 9.17) is 26.8 Å². The summed E-state index contributed by atoms with van der Waals surface area (Å²) in [4.78, 5) is 21.5. The summed E-state index contributed by atoms with van der Waals surface area (Å²) in [6.45, 7) is 1.25. The summed E-state index contributed by atoms with van der Waals surface area (Å²) in [6, 6.07) is 12.8. The van der Waals surface area contributed by atoms with Gasteiger partial charge < -0.3 is 15.2 Å². The van der Waals surface area contributed by atoms with Crippen molar-refractivity contribution in [2.45, 2.75) is 6.10 Å². The fraction of sp³-hybridized carbons (Fsp3) is 0.150. The van der Waals surface area contributed by atoms with E-state index in [1.165, 1.54) is 11.3 Å². The number of thiazole rings is 1. The third-order valence-electron chi connectivity index (χ3n) is 4.50. The lowest BCUT2D eigenvalue weighted by atomic mass is 10.1. The molecule has 4 aromatic rings. The number of halogens is 1. The number of aromatic nitrogens is 3. The van der Waals surface area contributed by atoms with Crippen LogP contribution in [0.2, 0.25) is 5.02 Å². The monoisotopic (exact) mass is 426 g/mol. The SMILES string of the molecule is NC(=O)c1sc(-n2cnc3ccc(OCC4CO4)cc32)nc1-c1cccc(Cl)c1. The summed E-state index contributed by atoms with van der Waals surface area (Å²) < 4.78 is 12.8. The first-order chi connectivity index (χ1) is 14.1. The van der Waals surface area contributed by atoms with Gasteiger partial charge in [-0.05, 0) is 24.3 Å². The fourth-order valence-electron chi connectivity index (χ4n) is 2.99. The van der Waals surface area contributed by atoms with Crippen molar-refractivity contribution in [3.05, 3.63) is 58.7 Å². The molecule has 146 valence electrons. The van der Waals surface area contributed by atoms with Crippen molar-refractivity contribution in [1.82, 2.24) is 14.5 Å². The number of hydrogen-bond donors (Lipinski definition) is 1. The third kappa shape index (κ3) is 3.57. The van der Waals surface area contributed by atoms with Gasteiger partial charge in [0.2, 0.25) is 0 Å². The number of hydrogen-bond acceptors (Lipinski definition) is 6. The van der Waals surface area contributed by atoms with E-state index in [-0.39, 0.29) is 6.10 Å². The third-order valence-corrected chi connectivity index (χ3v) is 5.81. The smallest absolute Gasteiger partial charge is 0.261 e. The lowest BCUT2D eigenvalue weighted by Gasteiger charge is -2.05. The molecule has 7 nitrogen and oxygen atoms in total. The van der Waals surface area contributed by atoms with Gasteiger partial charge in [0.15, 0.2) is 5.13 Å². The first-order valence-electron chi connectivity index (χ1n) is 8.87. The molecule has 2 aromatic carbocycles. The van der Waals surface area contributed by atoms with Gasteiger partial charge in [0.05, 0.1) is 23.3 Å². The molecule has 1 unspecified atom stereocenters. The van der Waals surface area contributed by atoms with Crippen molar-refractivity contribution in [1.29, 1.82) is 0 Å². The van der Waals surface area contributed by atoms with Crippen LogP contribution in [0.15, 0.2) is 48.8 Å². The number of fused-ring (bicyclic) bond motifs is 1. The maximum Gasteiger partial charge on any atom is 0.261 e. The number of benzene rings is 2. The second-order valence-electron chi connectivity index (χ2n) is 6.58. The van der Waals surface area contributed by atoms with Gasteiger partial charge in [-0.25, -0.2) is 9.97 Å². The molecule has 1 amide bonds. The number of amides is 1. The summed E-state index contributed by atoms with van der Waals surface area (Å²) >= 11 is 7.31. The zero-order valence-corrected chi connectivity index (χ0v) is 16.6. The summed E-state index contributed by atoms with van der Waals surface area (Å²) in [7, 11) is 0. The number of nitrogens with two attached hydrogens (primary N) is 1. The average molecular weight is 427 g/mol. The van der Waals surface area contributed by atoms with Gasteiger partial charge in [-0.1, -0.05) is 35.1 Å². The molecule has 0 saturated carbocycles. The summed E-state index contributed by atoms with van der Waals surface area (Å²) in [6.07, 6.45) is 1.84.